The molecule has 9 nitrogen and oxygen atoms in total. The number of nitrogens with zero attached hydrogens (tertiary/aromatic N) is 7. The van der Waals surface area contributed by atoms with Crippen molar-refractivity contribution in [3.63, 3.8) is 0 Å². The average Bonchev–Trinajstić information content (AvgIpc) is 2.96. The lowest BCUT2D eigenvalue weighted by Crippen LogP contribution is -2.53. The van der Waals surface area contributed by atoms with Gasteiger partial charge >= 0.3 is 0 Å². The monoisotopic (exact) mass is 523 g/mol. The summed E-state index contributed by atoms with van der Waals surface area (Å²) in [6.07, 6.45) is 1.67. The van der Waals surface area contributed by atoms with E-state index in [1.165, 1.54) is 16.7 Å². The van der Waals surface area contributed by atoms with Crippen molar-refractivity contribution in [2.75, 3.05) is 31.6 Å². The Labute approximate surface area is 225 Å². The number of aromatic nitrogens is 3. The number of nitriles is 1. The molecule has 1 aromatic carbocycles. The van der Waals surface area contributed by atoms with Crippen LogP contribution in [0.5, 0.6) is 5.88 Å². The number of pyridine rings is 3. The van der Waals surface area contributed by atoms with Crippen LogP contribution in [0.15, 0.2) is 59.5 Å². The summed E-state index contributed by atoms with van der Waals surface area (Å²) in [5, 5.41) is 9.98. The third-order valence-electron chi connectivity index (χ3n) is 7.23. The van der Waals surface area contributed by atoms with Gasteiger partial charge in [-0.05, 0) is 42.8 Å². The first-order valence-electron chi connectivity index (χ1n) is 12.4. The second-order valence-corrected chi connectivity index (χ2v) is 9.44. The van der Waals surface area contributed by atoms with Crippen molar-refractivity contribution in [3.8, 4) is 11.9 Å². The number of hydrogen-bond acceptors (Lipinski definition) is 7. The van der Waals surface area contributed by atoms with Gasteiger partial charge in [0.1, 0.15) is 23.1 Å². The molecule has 3 aromatic heterocycles. The van der Waals surface area contributed by atoms with Crippen LogP contribution in [-0.4, -0.2) is 52.2 Å². The van der Waals surface area contributed by atoms with Crippen molar-refractivity contribution in [2.24, 2.45) is 7.05 Å². The van der Waals surface area contributed by atoms with E-state index in [-0.39, 0.29) is 29.3 Å². The van der Waals surface area contributed by atoms with E-state index in [1.54, 1.807) is 44.6 Å². The molecule has 0 bridgehead atoms. The molecule has 10 heteroatoms. The van der Waals surface area contributed by atoms with Crippen LogP contribution < -0.4 is 15.2 Å². The Morgan fingerprint density at radius 1 is 1.21 bits per heavy atom. The smallest absolute Gasteiger partial charge is 0.271 e. The number of methoxy groups -OCH3 is 1. The summed E-state index contributed by atoms with van der Waals surface area (Å²) in [4.78, 5) is 29.8. The predicted molar refractivity (Wildman–Crippen MR) is 145 cm³/mol. The van der Waals surface area contributed by atoms with Gasteiger partial charge in [-0.2, -0.15) is 5.26 Å². The van der Waals surface area contributed by atoms with Gasteiger partial charge < -0.3 is 19.0 Å². The second-order valence-electron chi connectivity index (χ2n) is 9.44. The molecule has 4 heterocycles. The van der Waals surface area contributed by atoms with Crippen LogP contribution in [0.3, 0.4) is 0 Å². The van der Waals surface area contributed by atoms with Crippen molar-refractivity contribution in [1.29, 1.82) is 5.26 Å². The quantitative estimate of drug-likeness (QED) is 0.362. The zero-order valence-corrected chi connectivity index (χ0v) is 21.8. The Hall–Kier alpha value is -4.80. The number of anilines is 1. The lowest BCUT2D eigenvalue weighted by atomic mass is 9.95. The van der Waals surface area contributed by atoms with Crippen LogP contribution in [0.2, 0.25) is 0 Å². The second kappa shape index (κ2) is 10.5. The maximum atomic E-state index is 13.8. The minimum atomic E-state index is -0.406. The van der Waals surface area contributed by atoms with E-state index < -0.39 is 5.56 Å². The SMILES string of the molecule is [C-]#[N+]c1ccc2c(n1)c(N1CCN(C(c3ccc(F)cc3)c3cccnc3OC)[C@H](C)C1)c(C#N)c(=O)n2C. The fourth-order valence-corrected chi connectivity index (χ4v) is 5.39. The van der Waals surface area contributed by atoms with E-state index in [0.29, 0.717) is 42.2 Å². The summed E-state index contributed by atoms with van der Waals surface area (Å²) in [5.41, 5.74) is 2.80. The van der Waals surface area contributed by atoms with Gasteiger partial charge in [-0.25, -0.2) is 9.37 Å². The van der Waals surface area contributed by atoms with Crippen LogP contribution in [0.25, 0.3) is 15.9 Å². The lowest BCUT2D eigenvalue weighted by Gasteiger charge is -2.45. The van der Waals surface area contributed by atoms with Crippen LogP contribution in [-0.2, 0) is 7.05 Å². The molecule has 1 saturated heterocycles. The molecule has 1 unspecified atom stereocenters. The van der Waals surface area contributed by atoms with Crippen LogP contribution in [0.1, 0.15) is 29.7 Å². The van der Waals surface area contributed by atoms with Gasteiger partial charge in [-0.3, -0.25) is 9.69 Å². The fraction of sp³-hybridized carbons (Fsp3) is 0.276. The van der Waals surface area contributed by atoms with Gasteiger partial charge in [-0.15, -0.1) is 4.98 Å². The molecule has 0 radical (unpaired) electrons. The molecule has 4 aromatic rings. The maximum absolute atomic E-state index is 13.8. The molecule has 0 amide bonds. The lowest BCUT2D eigenvalue weighted by molar-refractivity contribution is 0.147. The highest BCUT2D eigenvalue weighted by Gasteiger charge is 2.35. The predicted octanol–water partition coefficient (Wildman–Crippen LogP) is 4.20. The van der Waals surface area contributed by atoms with Gasteiger partial charge in [0.2, 0.25) is 11.4 Å². The topological polar surface area (TPSA) is 91.6 Å². The third-order valence-corrected chi connectivity index (χ3v) is 7.23. The largest absolute Gasteiger partial charge is 0.481 e. The number of piperazine rings is 1. The zero-order valence-electron chi connectivity index (χ0n) is 21.8. The summed E-state index contributed by atoms with van der Waals surface area (Å²) in [6.45, 7) is 11.0. The van der Waals surface area contributed by atoms with Crippen molar-refractivity contribution in [3.05, 3.63) is 99.0 Å². The molecular weight excluding hydrogens is 497 g/mol. The van der Waals surface area contributed by atoms with Crippen molar-refractivity contribution >= 4 is 22.5 Å². The summed E-state index contributed by atoms with van der Waals surface area (Å²) < 4.78 is 20.8. The Kier molecular flexibility index (Phi) is 6.97. The van der Waals surface area contributed by atoms with Gasteiger partial charge in [0.05, 0.1) is 18.7 Å². The standard InChI is InChI=1S/C29H26FN7O2/c1-18-17-36(27-22(16-31)29(38)35(3)23-11-12-24(32-2)34-25(23)27)14-15-37(18)26(19-7-9-20(30)10-8-19)21-6-5-13-33-28(21)39-4/h5-13,18,26H,14-15,17H2,1,3-4H3/t18-,26?/m1/s1. The zero-order chi connectivity index (χ0) is 27.7. The summed E-state index contributed by atoms with van der Waals surface area (Å²) in [7, 11) is 3.17. The van der Waals surface area contributed by atoms with E-state index in [1.807, 2.05) is 17.0 Å². The minimum Gasteiger partial charge on any atom is -0.481 e. The Balaban J connectivity index is 1.58. The molecule has 0 saturated carbocycles. The van der Waals surface area contributed by atoms with Crippen molar-refractivity contribution in [2.45, 2.75) is 19.0 Å². The fourth-order valence-electron chi connectivity index (χ4n) is 5.39. The number of fused-ring (bicyclic) bond motifs is 1. The first-order valence-corrected chi connectivity index (χ1v) is 12.4. The molecule has 196 valence electrons. The molecule has 0 aliphatic carbocycles. The van der Waals surface area contributed by atoms with Gasteiger partial charge in [0.15, 0.2) is 0 Å². The average molecular weight is 524 g/mol. The number of hydrogen-bond donors (Lipinski definition) is 0. The number of aryl methyl sites for hydroxylation is 1. The van der Waals surface area contributed by atoms with Gasteiger partial charge in [0, 0.05) is 44.5 Å². The normalized spacial score (nSPS) is 16.5. The Morgan fingerprint density at radius 2 is 1.97 bits per heavy atom. The highest BCUT2D eigenvalue weighted by molar-refractivity contribution is 5.92. The molecule has 0 spiro atoms. The molecule has 1 aliphatic heterocycles. The highest BCUT2D eigenvalue weighted by atomic mass is 19.1. The number of halogens is 1. The van der Waals surface area contributed by atoms with Crippen molar-refractivity contribution < 1.29 is 9.13 Å². The van der Waals surface area contributed by atoms with E-state index in [9.17, 15) is 14.4 Å². The van der Waals surface area contributed by atoms with E-state index >= 15 is 0 Å². The molecule has 2 atom stereocenters. The number of ether oxygens (including phenoxy) is 1. The minimum absolute atomic E-state index is 0.00398. The maximum Gasteiger partial charge on any atom is 0.271 e. The molecule has 1 fully saturated rings. The molecule has 1 aliphatic rings. The third kappa shape index (κ3) is 4.56. The van der Waals surface area contributed by atoms with Gasteiger partial charge in [-0.1, -0.05) is 24.8 Å². The first kappa shape index (κ1) is 25.8. The summed E-state index contributed by atoms with van der Waals surface area (Å²) in [5.74, 6) is 0.362. The molecule has 5 rings (SSSR count). The summed E-state index contributed by atoms with van der Waals surface area (Å²) in [6, 6.07) is 15.2. The van der Waals surface area contributed by atoms with Gasteiger partial charge in [0.25, 0.3) is 11.4 Å². The van der Waals surface area contributed by atoms with E-state index in [4.69, 9.17) is 11.3 Å². The van der Waals surface area contributed by atoms with Crippen molar-refractivity contribution in [1.82, 2.24) is 19.4 Å². The first-order chi connectivity index (χ1) is 18.9. The highest BCUT2D eigenvalue weighted by Crippen LogP contribution is 2.38. The van der Waals surface area contributed by atoms with E-state index in [2.05, 4.69) is 32.7 Å². The van der Waals surface area contributed by atoms with Crippen LogP contribution >= 0.6 is 0 Å². The Bertz CT molecular complexity index is 1690. The Morgan fingerprint density at radius 3 is 2.64 bits per heavy atom. The number of rotatable bonds is 5. The molecule has 0 N–H and O–H groups in total. The van der Waals surface area contributed by atoms with Crippen LogP contribution in [0, 0.1) is 23.7 Å². The molecular formula is C29H26FN7O2. The number of benzene rings is 1. The molecule has 39 heavy (non-hydrogen) atoms. The van der Waals surface area contributed by atoms with E-state index in [0.717, 1.165) is 11.1 Å². The summed E-state index contributed by atoms with van der Waals surface area (Å²) >= 11 is 0. The van der Waals surface area contributed by atoms with Crippen LogP contribution in [0.4, 0.5) is 15.9 Å².